The van der Waals surface area contributed by atoms with E-state index in [1.165, 1.54) is 12.8 Å². The molecule has 0 saturated heterocycles. The van der Waals surface area contributed by atoms with Crippen molar-refractivity contribution in [2.24, 2.45) is 4.99 Å². The second-order valence-corrected chi connectivity index (χ2v) is 6.30. The van der Waals surface area contributed by atoms with E-state index in [1.807, 2.05) is 30.3 Å². The lowest BCUT2D eigenvalue weighted by Gasteiger charge is -2.21. The van der Waals surface area contributed by atoms with E-state index in [-0.39, 0.29) is 12.5 Å². The van der Waals surface area contributed by atoms with Crippen LogP contribution in [0.25, 0.3) is 0 Å². The van der Waals surface area contributed by atoms with E-state index in [9.17, 15) is 5.11 Å². The predicted molar refractivity (Wildman–Crippen MR) is 101 cm³/mol. The number of benzene rings is 1. The van der Waals surface area contributed by atoms with Gasteiger partial charge >= 0.3 is 0 Å². The molecule has 24 heavy (non-hydrogen) atoms. The summed E-state index contributed by atoms with van der Waals surface area (Å²) in [7, 11) is 0. The van der Waals surface area contributed by atoms with Crippen molar-refractivity contribution < 1.29 is 5.11 Å². The van der Waals surface area contributed by atoms with Crippen LogP contribution in [0.4, 0.5) is 0 Å². The molecule has 0 bridgehead atoms. The van der Waals surface area contributed by atoms with E-state index in [1.54, 1.807) is 0 Å². The molecule has 0 radical (unpaired) electrons. The largest absolute Gasteiger partial charge is 0.396 e. The molecule has 5 nitrogen and oxygen atoms in total. The first-order valence-electron chi connectivity index (χ1n) is 9.20. The third-order valence-electron chi connectivity index (χ3n) is 4.47. The summed E-state index contributed by atoms with van der Waals surface area (Å²) in [4.78, 5) is 7.18. The van der Waals surface area contributed by atoms with Crippen molar-refractivity contribution in [2.45, 2.75) is 38.6 Å². The Morgan fingerprint density at radius 3 is 2.58 bits per heavy atom. The third kappa shape index (κ3) is 6.13. The van der Waals surface area contributed by atoms with Crippen LogP contribution in [0.15, 0.2) is 35.3 Å². The Hall–Kier alpha value is -1.59. The van der Waals surface area contributed by atoms with Gasteiger partial charge < -0.3 is 15.7 Å². The van der Waals surface area contributed by atoms with Crippen LogP contribution in [0.2, 0.25) is 0 Å². The Balaban J connectivity index is 1.84. The molecule has 1 saturated carbocycles. The second-order valence-electron chi connectivity index (χ2n) is 6.30. The topological polar surface area (TPSA) is 59.9 Å². The van der Waals surface area contributed by atoms with Crippen LogP contribution in [0.5, 0.6) is 0 Å². The van der Waals surface area contributed by atoms with Crippen LogP contribution in [-0.4, -0.2) is 61.3 Å². The Morgan fingerprint density at radius 2 is 2.00 bits per heavy atom. The first-order valence-corrected chi connectivity index (χ1v) is 9.20. The lowest BCUT2D eigenvalue weighted by Crippen LogP contribution is -2.42. The minimum Gasteiger partial charge on any atom is -0.396 e. The van der Waals surface area contributed by atoms with Gasteiger partial charge in [0.2, 0.25) is 0 Å². The smallest absolute Gasteiger partial charge is 0.191 e. The molecule has 2 rings (SSSR count). The number of nitrogens with zero attached hydrogens (tertiary/aromatic N) is 2. The lowest BCUT2D eigenvalue weighted by molar-refractivity contribution is 0.268. The minimum absolute atomic E-state index is 0.0419. The molecule has 3 N–H and O–H groups in total. The molecule has 1 atom stereocenters. The molecule has 1 aromatic rings. The summed E-state index contributed by atoms with van der Waals surface area (Å²) >= 11 is 0. The van der Waals surface area contributed by atoms with Crippen molar-refractivity contribution in [1.82, 2.24) is 15.5 Å². The van der Waals surface area contributed by atoms with Crippen LogP contribution in [0, 0.1) is 0 Å². The first kappa shape index (κ1) is 18.7. The third-order valence-corrected chi connectivity index (χ3v) is 4.47. The molecule has 5 heteroatoms. The summed E-state index contributed by atoms with van der Waals surface area (Å²) in [6.07, 6.45) is 2.69. The van der Waals surface area contributed by atoms with Crippen LogP contribution >= 0.6 is 0 Å². The molecule has 0 spiro atoms. The fourth-order valence-corrected chi connectivity index (χ4v) is 2.89. The number of likely N-dealkylation sites (N-methyl/N-ethyl adjacent to an activating group) is 1. The standard InChI is InChI=1S/C19H32N4O/c1-3-20-19(21-12-13-23(4-2)18-10-11-18)22-14-17(15-24)16-8-6-5-7-9-16/h5-9,17-18,24H,3-4,10-15H2,1-2H3,(H2,20,21,22). The average Bonchev–Trinajstić information content (AvgIpc) is 3.45. The molecule has 1 aliphatic rings. The van der Waals surface area contributed by atoms with Gasteiger partial charge in [-0.1, -0.05) is 37.3 Å². The van der Waals surface area contributed by atoms with Gasteiger partial charge in [-0.05, 0) is 31.9 Å². The Kier molecular flexibility index (Phi) is 8.05. The van der Waals surface area contributed by atoms with Crippen LogP contribution in [-0.2, 0) is 0 Å². The number of guanidine groups is 1. The molecule has 0 aliphatic heterocycles. The van der Waals surface area contributed by atoms with Gasteiger partial charge in [0, 0.05) is 31.6 Å². The quantitative estimate of drug-likeness (QED) is 0.452. The van der Waals surface area contributed by atoms with Gasteiger partial charge in [0.15, 0.2) is 5.96 Å². The van der Waals surface area contributed by atoms with E-state index in [2.05, 4.69) is 34.4 Å². The molecular formula is C19H32N4O. The summed E-state index contributed by atoms with van der Waals surface area (Å²) < 4.78 is 0. The van der Waals surface area contributed by atoms with Crippen molar-refractivity contribution in [2.75, 3.05) is 39.3 Å². The van der Waals surface area contributed by atoms with Gasteiger partial charge in [-0.3, -0.25) is 9.89 Å². The van der Waals surface area contributed by atoms with E-state index in [0.29, 0.717) is 6.54 Å². The maximum Gasteiger partial charge on any atom is 0.191 e. The molecule has 1 aromatic carbocycles. The molecule has 1 aliphatic carbocycles. The Labute approximate surface area is 146 Å². The maximum atomic E-state index is 9.65. The number of aliphatic hydroxyl groups is 1. The predicted octanol–water partition coefficient (Wildman–Crippen LogP) is 1.80. The van der Waals surface area contributed by atoms with Crippen molar-refractivity contribution in [3.8, 4) is 0 Å². The molecule has 0 amide bonds. The highest BCUT2D eigenvalue weighted by Crippen LogP contribution is 2.25. The molecule has 1 unspecified atom stereocenters. The lowest BCUT2D eigenvalue weighted by atomic mass is 10.0. The fraction of sp³-hybridized carbons (Fsp3) is 0.632. The SMILES string of the molecule is CCNC(=NCC(CO)c1ccccc1)NCCN(CC)C1CC1. The highest BCUT2D eigenvalue weighted by Gasteiger charge is 2.27. The molecule has 1 fully saturated rings. The van der Waals surface area contributed by atoms with Crippen LogP contribution < -0.4 is 10.6 Å². The van der Waals surface area contributed by atoms with Crippen molar-refractivity contribution in [1.29, 1.82) is 0 Å². The molecular weight excluding hydrogens is 300 g/mol. The summed E-state index contributed by atoms with van der Waals surface area (Å²) in [6, 6.07) is 10.9. The van der Waals surface area contributed by atoms with E-state index < -0.39 is 0 Å². The number of aliphatic imine (C=N–C) groups is 1. The molecule has 0 aromatic heterocycles. The number of hydrogen-bond donors (Lipinski definition) is 3. The van der Waals surface area contributed by atoms with E-state index in [4.69, 9.17) is 0 Å². The Morgan fingerprint density at radius 1 is 1.25 bits per heavy atom. The van der Waals surface area contributed by atoms with Crippen LogP contribution in [0.3, 0.4) is 0 Å². The first-order chi connectivity index (χ1) is 11.8. The summed E-state index contributed by atoms with van der Waals surface area (Å²) in [5, 5.41) is 16.4. The highest BCUT2D eigenvalue weighted by molar-refractivity contribution is 5.79. The highest BCUT2D eigenvalue weighted by atomic mass is 16.3. The number of aliphatic hydroxyl groups excluding tert-OH is 1. The van der Waals surface area contributed by atoms with Crippen LogP contribution in [0.1, 0.15) is 38.2 Å². The van der Waals surface area contributed by atoms with Crippen molar-refractivity contribution in [3.63, 3.8) is 0 Å². The molecule has 134 valence electrons. The molecule has 0 heterocycles. The zero-order chi connectivity index (χ0) is 17.2. The number of hydrogen-bond acceptors (Lipinski definition) is 3. The number of rotatable bonds is 10. The Bertz CT molecular complexity index is 487. The van der Waals surface area contributed by atoms with Gasteiger partial charge in [-0.15, -0.1) is 0 Å². The zero-order valence-corrected chi connectivity index (χ0v) is 15.0. The maximum absolute atomic E-state index is 9.65. The van der Waals surface area contributed by atoms with Gasteiger partial charge in [0.05, 0.1) is 13.2 Å². The average molecular weight is 332 g/mol. The monoisotopic (exact) mass is 332 g/mol. The zero-order valence-electron chi connectivity index (χ0n) is 15.0. The summed E-state index contributed by atoms with van der Waals surface area (Å²) in [6.45, 7) is 8.87. The fourth-order valence-electron chi connectivity index (χ4n) is 2.89. The van der Waals surface area contributed by atoms with Gasteiger partial charge in [-0.25, -0.2) is 0 Å². The summed E-state index contributed by atoms with van der Waals surface area (Å²) in [5.41, 5.74) is 1.13. The number of nitrogens with one attached hydrogen (secondary N) is 2. The van der Waals surface area contributed by atoms with Gasteiger partial charge in [0.25, 0.3) is 0 Å². The second kappa shape index (κ2) is 10.3. The summed E-state index contributed by atoms with van der Waals surface area (Å²) in [5.74, 6) is 0.874. The minimum atomic E-state index is 0.0419. The van der Waals surface area contributed by atoms with E-state index >= 15 is 0 Å². The van der Waals surface area contributed by atoms with Gasteiger partial charge in [-0.2, -0.15) is 0 Å². The van der Waals surface area contributed by atoms with Crippen molar-refractivity contribution >= 4 is 5.96 Å². The normalized spacial score (nSPS) is 16.2. The van der Waals surface area contributed by atoms with E-state index in [0.717, 1.165) is 43.7 Å². The van der Waals surface area contributed by atoms with Crippen molar-refractivity contribution in [3.05, 3.63) is 35.9 Å². The van der Waals surface area contributed by atoms with Gasteiger partial charge in [0.1, 0.15) is 0 Å².